The number of carbonyl (C=O) groups is 2. The number of methoxy groups -OCH3 is 1. The number of hydrogen-bond acceptors (Lipinski definition) is 5. The summed E-state index contributed by atoms with van der Waals surface area (Å²) >= 11 is 2.14. The van der Waals surface area contributed by atoms with Gasteiger partial charge >= 0.3 is 5.97 Å². The highest BCUT2D eigenvalue weighted by atomic mass is 127. The topological polar surface area (TPSA) is 77.0 Å². The SMILES string of the molecule is COc1ccc(/C=N\NC(=O)c2cccc(I)c2)cc1OC(=O)c1ccc(C)cc1. The number of aryl methyl sites for hydroxylation is 1. The summed E-state index contributed by atoms with van der Waals surface area (Å²) in [5.41, 5.74) is 5.12. The van der Waals surface area contributed by atoms with Crippen LogP contribution in [0.5, 0.6) is 11.5 Å². The maximum Gasteiger partial charge on any atom is 0.343 e. The van der Waals surface area contributed by atoms with Crippen molar-refractivity contribution in [1.29, 1.82) is 0 Å². The number of nitrogens with one attached hydrogen (secondary N) is 1. The highest BCUT2D eigenvalue weighted by molar-refractivity contribution is 14.1. The summed E-state index contributed by atoms with van der Waals surface area (Å²) in [6, 6.07) is 19.3. The molecule has 0 aliphatic carbocycles. The van der Waals surface area contributed by atoms with Crippen molar-refractivity contribution in [3.8, 4) is 11.5 Å². The van der Waals surface area contributed by atoms with E-state index in [1.54, 1.807) is 48.5 Å². The predicted octanol–water partition coefficient (Wildman–Crippen LogP) is 4.59. The fourth-order valence-corrected chi connectivity index (χ4v) is 3.10. The predicted molar refractivity (Wildman–Crippen MR) is 123 cm³/mol. The molecule has 0 unspecified atom stereocenters. The number of benzene rings is 3. The van der Waals surface area contributed by atoms with E-state index in [1.807, 2.05) is 25.1 Å². The van der Waals surface area contributed by atoms with E-state index in [0.29, 0.717) is 22.4 Å². The van der Waals surface area contributed by atoms with Crippen molar-refractivity contribution in [1.82, 2.24) is 5.43 Å². The van der Waals surface area contributed by atoms with Crippen molar-refractivity contribution >= 4 is 40.7 Å². The molecule has 0 saturated heterocycles. The van der Waals surface area contributed by atoms with Crippen LogP contribution in [0.1, 0.15) is 31.8 Å². The monoisotopic (exact) mass is 514 g/mol. The lowest BCUT2D eigenvalue weighted by Crippen LogP contribution is -2.17. The number of halogens is 1. The molecule has 152 valence electrons. The largest absolute Gasteiger partial charge is 0.493 e. The molecule has 0 bridgehead atoms. The molecular weight excluding hydrogens is 495 g/mol. The summed E-state index contributed by atoms with van der Waals surface area (Å²) < 4.78 is 11.7. The Labute approximate surface area is 188 Å². The van der Waals surface area contributed by atoms with Gasteiger partial charge in [-0.15, -0.1) is 0 Å². The number of carbonyl (C=O) groups excluding carboxylic acids is 2. The minimum atomic E-state index is -0.491. The van der Waals surface area contributed by atoms with Gasteiger partial charge in [0.25, 0.3) is 5.91 Å². The van der Waals surface area contributed by atoms with Gasteiger partial charge in [-0.25, -0.2) is 10.2 Å². The van der Waals surface area contributed by atoms with Crippen LogP contribution in [0, 0.1) is 10.5 Å². The van der Waals surface area contributed by atoms with E-state index in [-0.39, 0.29) is 11.7 Å². The van der Waals surface area contributed by atoms with E-state index in [1.165, 1.54) is 13.3 Å². The second-order valence-electron chi connectivity index (χ2n) is 6.38. The van der Waals surface area contributed by atoms with Crippen LogP contribution >= 0.6 is 22.6 Å². The van der Waals surface area contributed by atoms with Crippen molar-refractivity contribution in [2.45, 2.75) is 6.92 Å². The molecule has 0 atom stereocenters. The molecule has 0 spiro atoms. The molecule has 3 rings (SSSR count). The minimum absolute atomic E-state index is 0.260. The smallest absolute Gasteiger partial charge is 0.343 e. The van der Waals surface area contributed by atoms with Gasteiger partial charge in [-0.3, -0.25) is 4.79 Å². The van der Waals surface area contributed by atoms with Crippen LogP contribution in [0.25, 0.3) is 0 Å². The Hall–Kier alpha value is -3.20. The molecule has 0 radical (unpaired) electrons. The average Bonchev–Trinajstić information content (AvgIpc) is 2.74. The van der Waals surface area contributed by atoms with E-state index in [2.05, 4.69) is 33.1 Å². The van der Waals surface area contributed by atoms with E-state index >= 15 is 0 Å². The minimum Gasteiger partial charge on any atom is -0.493 e. The van der Waals surface area contributed by atoms with E-state index in [0.717, 1.165) is 9.13 Å². The number of rotatable bonds is 6. The van der Waals surface area contributed by atoms with Crippen LogP contribution in [0.4, 0.5) is 0 Å². The zero-order valence-electron chi connectivity index (χ0n) is 16.4. The summed E-state index contributed by atoms with van der Waals surface area (Å²) in [6.07, 6.45) is 1.47. The van der Waals surface area contributed by atoms with Crippen LogP contribution < -0.4 is 14.9 Å². The Bertz CT molecular complexity index is 1090. The Balaban J connectivity index is 1.72. The molecule has 0 heterocycles. The molecule has 0 aliphatic rings. The highest BCUT2D eigenvalue weighted by Gasteiger charge is 2.13. The molecule has 6 nitrogen and oxygen atoms in total. The van der Waals surface area contributed by atoms with E-state index in [4.69, 9.17) is 9.47 Å². The van der Waals surface area contributed by atoms with Gasteiger partial charge in [-0.05, 0) is 83.6 Å². The van der Waals surface area contributed by atoms with Crippen LogP contribution in [0.15, 0.2) is 71.8 Å². The Morgan fingerprint density at radius 3 is 2.43 bits per heavy atom. The summed E-state index contributed by atoms with van der Waals surface area (Å²) in [5.74, 6) is -0.134. The number of esters is 1. The van der Waals surface area contributed by atoms with Gasteiger partial charge in [0, 0.05) is 9.13 Å². The number of ether oxygens (including phenoxy) is 2. The third-order valence-electron chi connectivity index (χ3n) is 4.14. The third-order valence-corrected chi connectivity index (χ3v) is 4.82. The molecule has 1 N–H and O–H groups in total. The highest BCUT2D eigenvalue weighted by Crippen LogP contribution is 2.28. The van der Waals surface area contributed by atoms with Gasteiger partial charge in [0.1, 0.15) is 0 Å². The van der Waals surface area contributed by atoms with Gasteiger partial charge in [0.2, 0.25) is 0 Å². The lowest BCUT2D eigenvalue weighted by Gasteiger charge is -2.10. The Kier molecular flexibility index (Phi) is 7.18. The zero-order chi connectivity index (χ0) is 21.5. The molecule has 0 aromatic heterocycles. The van der Waals surface area contributed by atoms with Crippen LogP contribution in [-0.4, -0.2) is 25.2 Å². The second kappa shape index (κ2) is 10.0. The first-order valence-corrected chi connectivity index (χ1v) is 10.1. The molecule has 30 heavy (non-hydrogen) atoms. The van der Waals surface area contributed by atoms with Crippen molar-refractivity contribution in [3.63, 3.8) is 0 Å². The van der Waals surface area contributed by atoms with Crippen molar-refractivity contribution in [2.24, 2.45) is 5.10 Å². The van der Waals surface area contributed by atoms with Crippen LogP contribution in [0.3, 0.4) is 0 Å². The number of amides is 1. The molecule has 3 aromatic carbocycles. The lowest BCUT2D eigenvalue weighted by atomic mass is 10.1. The van der Waals surface area contributed by atoms with Gasteiger partial charge in [0.15, 0.2) is 11.5 Å². The standard InChI is InChI=1S/C23H19IN2O4/c1-15-6-9-17(10-7-15)23(28)30-21-12-16(8-11-20(21)29-2)14-25-26-22(27)18-4-3-5-19(24)13-18/h3-14H,1-2H3,(H,26,27)/b25-14-. The molecule has 0 fully saturated rings. The first-order chi connectivity index (χ1) is 14.5. The molecule has 0 aliphatic heterocycles. The van der Waals surface area contributed by atoms with E-state index in [9.17, 15) is 9.59 Å². The van der Waals surface area contributed by atoms with Crippen molar-refractivity contribution in [2.75, 3.05) is 7.11 Å². The zero-order valence-corrected chi connectivity index (χ0v) is 18.5. The van der Waals surface area contributed by atoms with E-state index < -0.39 is 5.97 Å². The maximum atomic E-state index is 12.4. The normalized spacial score (nSPS) is 10.6. The summed E-state index contributed by atoms with van der Waals surface area (Å²) in [7, 11) is 1.49. The summed E-state index contributed by atoms with van der Waals surface area (Å²) in [4.78, 5) is 24.6. The third kappa shape index (κ3) is 5.66. The lowest BCUT2D eigenvalue weighted by molar-refractivity contribution is 0.0729. The summed E-state index contributed by atoms with van der Waals surface area (Å²) in [6.45, 7) is 1.94. The van der Waals surface area contributed by atoms with Crippen LogP contribution in [-0.2, 0) is 0 Å². The number of hydrogen-bond donors (Lipinski definition) is 1. The number of hydrazone groups is 1. The Morgan fingerprint density at radius 2 is 1.73 bits per heavy atom. The molecule has 3 aromatic rings. The second-order valence-corrected chi connectivity index (χ2v) is 7.62. The number of nitrogens with zero attached hydrogens (tertiary/aromatic N) is 1. The molecule has 7 heteroatoms. The fraction of sp³-hybridized carbons (Fsp3) is 0.0870. The molecule has 1 amide bonds. The van der Waals surface area contributed by atoms with Gasteiger partial charge < -0.3 is 9.47 Å². The Morgan fingerprint density at radius 1 is 0.967 bits per heavy atom. The maximum absolute atomic E-state index is 12.4. The fourth-order valence-electron chi connectivity index (χ4n) is 2.56. The van der Waals surface area contributed by atoms with Crippen LogP contribution in [0.2, 0.25) is 0 Å². The van der Waals surface area contributed by atoms with Gasteiger partial charge in [-0.2, -0.15) is 5.10 Å². The first kappa shape index (κ1) is 21.5. The quantitative estimate of drug-likeness (QED) is 0.172. The average molecular weight is 514 g/mol. The molecular formula is C23H19IN2O4. The van der Waals surface area contributed by atoms with Gasteiger partial charge in [-0.1, -0.05) is 23.8 Å². The van der Waals surface area contributed by atoms with Gasteiger partial charge in [0.05, 0.1) is 18.9 Å². The van der Waals surface area contributed by atoms with Crippen molar-refractivity contribution in [3.05, 3.63) is 92.6 Å². The van der Waals surface area contributed by atoms with Crippen molar-refractivity contribution < 1.29 is 19.1 Å². The summed E-state index contributed by atoms with van der Waals surface area (Å²) in [5, 5.41) is 3.98. The molecule has 0 saturated carbocycles. The first-order valence-electron chi connectivity index (χ1n) is 9.02.